The molecule has 27 heavy (non-hydrogen) atoms. The van der Waals surface area contributed by atoms with E-state index >= 15 is 0 Å². The van der Waals surface area contributed by atoms with Crippen LogP contribution < -0.4 is 15.5 Å². The molecule has 1 aliphatic rings. The molecule has 2 amide bonds. The van der Waals surface area contributed by atoms with E-state index in [2.05, 4.69) is 27.1 Å². The molecule has 0 unspecified atom stereocenters. The summed E-state index contributed by atoms with van der Waals surface area (Å²) in [6.07, 6.45) is 3.03. The molecule has 1 aliphatic heterocycles. The van der Waals surface area contributed by atoms with Crippen molar-refractivity contribution in [2.45, 2.75) is 0 Å². The number of morpholine rings is 1. The number of anilines is 2. The highest BCUT2D eigenvalue weighted by molar-refractivity contribution is 6.07. The van der Waals surface area contributed by atoms with Gasteiger partial charge in [0.25, 0.3) is 11.8 Å². The Balaban J connectivity index is 1.76. The first-order chi connectivity index (χ1) is 13.2. The van der Waals surface area contributed by atoms with E-state index in [4.69, 9.17) is 4.74 Å². The van der Waals surface area contributed by atoms with Crippen molar-refractivity contribution < 1.29 is 14.3 Å². The van der Waals surface area contributed by atoms with Crippen molar-refractivity contribution in [2.75, 3.05) is 43.1 Å². The van der Waals surface area contributed by atoms with Crippen LogP contribution in [0.1, 0.15) is 20.8 Å². The van der Waals surface area contributed by atoms with Gasteiger partial charge in [-0.3, -0.25) is 14.6 Å². The number of carbonyl (C=O) groups excluding carboxylic acids is 2. The normalized spacial score (nSPS) is 13.7. The van der Waals surface area contributed by atoms with Gasteiger partial charge in [-0.05, 0) is 24.3 Å². The first-order valence-corrected chi connectivity index (χ1v) is 8.77. The molecule has 140 valence electrons. The number of amides is 2. The van der Waals surface area contributed by atoms with Gasteiger partial charge in [-0.25, -0.2) is 0 Å². The Kier molecular flexibility index (Phi) is 6.17. The summed E-state index contributed by atoms with van der Waals surface area (Å²) in [6.45, 7) is 6.76. The number of ether oxygens (including phenoxy) is 1. The fourth-order valence-electron chi connectivity index (χ4n) is 2.81. The molecule has 0 saturated carbocycles. The topological polar surface area (TPSA) is 83.6 Å². The van der Waals surface area contributed by atoms with Gasteiger partial charge in [0.15, 0.2) is 0 Å². The third-order valence-electron chi connectivity index (χ3n) is 4.17. The molecule has 7 nitrogen and oxygen atoms in total. The Morgan fingerprint density at radius 1 is 1.19 bits per heavy atom. The molecule has 1 aromatic heterocycles. The molecule has 7 heteroatoms. The van der Waals surface area contributed by atoms with E-state index in [1.165, 1.54) is 12.3 Å². The minimum absolute atomic E-state index is 0.186. The monoisotopic (exact) mass is 366 g/mol. The minimum Gasteiger partial charge on any atom is -0.378 e. The lowest BCUT2D eigenvalue weighted by molar-refractivity contribution is 0.0953. The first-order valence-electron chi connectivity index (χ1n) is 8.77. The molecule has 2 aromatic rings. The maximum Gasteiger partial charge on any atom is 0.270 e. The predicted octanol–water partition coefficient (Wildman–Crippen LogP) is 2.09. The van der Waals surface area contributed by atoms with E-state index in [-0.39, 0.29) is 17.5 Å². The number of aromatic nitrogens is 1. The van der Waals surface area contributed by atoms with E-state index in [9.17, 15) is 9.59 Å². The van der Waals surface area contributed by atoms with E-state index in [1.807, 2.05) is 24.3 Å². The van der Waals surface area contributed by atoms with Crippen molar-refractivity contribution in [1.29, 1.82) is 0 Å². The molecule has 2 heterocycles. The van der Waals surface area contributed by atoms with E-state index in [1.54, 1.807) is 12.1 Å². The lowest BCUT2D eigenvalue weighted by atomic mass is 10.2. The van der Waals surface area contributed by atoms with Crippen LogP contribution in [-0.2, 0) is 4.74 Å². The molecular weight excluding hydrogens is 344 g/mol. The summed E-state index contributed by atoms with van der Waals surface area (Å²) < 4.78 is 5.40. The van der Waals surface area contributed by atoms with Crippen LogP contribution in [0.5, 0.6) is 0 Å². The Morgan fingerprint density at radius 3 is 2.74 bits per heavy atom. The van der Waals surface area contributed by atoms with Crippen LogP contribution in [0.2, 0.25) is 0 Å². The van der Waals surface area contributed by atoms with Gasteiger partial charge in [-0.15, -0.1) is 6.58 Å². The van der Waals surface area contributed by atoms with Gasteiger partial charge in [0.2, 0.25) is 0 Å². The molecule has 0 spiro atoms. The van der Waals surface area contributed by atoms with Crippen molar-refractivity contribution in [2.24, 2.45) is 0 Å². The molecule has 1 aromatic carbocycles. The van der Waals surface area contributed by atoms with Crippen molar-refractivity contribution in [1.82, 2.24) is 10.3 Å². The predicted molar refractivity (Wildman–Crippen MR) is 104 cm³/mol. The second kappa shape index (κ2) is 8.95. The standard InChI is InChI=1S/C20H22N4O3/c1-2-8-22-20(26)17-14-15(7-9-21-17)19(25)23-16-5-3-4-6-18(16)24-10-12-27-13-11-24/h2-7,9,14H,1,8,10-13H2,(H,22,26)(H,23,25). The number of rotatable bonds is 6. The highest BCUT2D eigenvalue weighted by Gasteiger charge is 2.17. The maximum absolute atomic E-state index is 12.7. The van der Waals surface area contributed by atoms with Crippen LogP contribution in [0, 0.1) is 0 Å². The average molecular weight is 366 g/mol. The fraction of sp³-hybridized carbons (Fsp3) is 0.250. The second-order valence-corrected chi connectivity index (χ2v) is 6.00. The number of carbonyl (C=O) groups is 2. The van der Waals surface area contributed by atoms with Crippen molar-refractivity contribution >= 4 is 23.2 Å². The number of pyridine rings is 1. The quantitative estimate of drug-likeness (QED) is 0.765. The second-order valence-electron chi connectivity index (χ2n) is 6.00. The summed E-state index contributed by atoms with van der Waals surface area (Å²) in [5.74, 6) is -0.644. The van der Waals surface area contributed by atoms with Crippen molar-refractivity contribution in [3.63, 3.8) is 0 Å². The van der Waals surface area contributed by atoms with Crippen molar-refractivity contribution in [3.05, 3.63) is 66.5 Å². The van der Waals surface area contributed by atoms with E-state index in [0.717, 1.165) is 24.5 Å². The summed E-state index contributed by atoms with van der Waals surface area (Å²) in [6, 6.07) is 10.7. The molecule has 0 radical (unpaired) electrons. The summed E-state index contributed by atoms with van der Waals surface area (Å²) in [5.41, 5.74) is 2.22. The zero-order valence-electron chi connectivity index (χ0n) is 15.0. The van der Waals surface area contributed by atoms with Crippen LogP contribution >= 0.6 is 0 Å². The van der Waals surface area contributed by atoms with Crippen molar-refractivity contribution in [3.8, 4) is 0 Å². The van der Waals surface area contributed by atoms with Gasteiger partial charge >= 0.3 is 0 Å². The number of para-hydroxylation sites is 2. The van der Waals surface area contributed by atoms with Gasteiger partial charge in [0, 0.05) is 31.4 Å². The zero-order chi connectivity index (χ0) is 19.1. The molecular formula is C20H22N4O3. The Labute approximate surface area is 158 Å². The van der Waals surface area contributed by atoms with E-state index < -0.39 is 0 Å². The minimum atomic E-state index is -0.349. The Bertz CT molecular complexity index is 831. The molecule has 1 fully saturated rings. The first kappa shape index (κ1) is 18.6. The third-order valence-corrected chi connectivity index (χ3v) is 4.17. The molecule has 0 bridgehead atoms. The van der Waals surface area contributed by atoms with E-state index in [0.29, 0.717) is 25.3 Å². The zero-order valence-corrected chi connectivity index (χ0v) is 15.0. The Morgan fingerprint density at radius 2 is 1.96 bits per heavy atom. The van der Waals surface area contributed by atoms with Crippen LogP contribution in [0.15, 0.2) is 55.3 Å². The van der Waals surface area contributed by atoms with Gasteiger partial charge < -0.3 is 20.3 Å². The molecule has 1 saturated heterocycles. The van der Waals surface area contributed by atoms with Gasteiger partial charge in [0.05, 0.1) is 24.6 Å². The van der Waals surface area contributed by atoms with Crippen LogP contribution in [0.25, 0.3) is 0 Å². The number of hydrogen-bond acceptors (Lipinski definition) is 5. The average Bonchev–Trinajstić information content (AvgIpc) is 2.73. The van der Waals surface area contributed by atoms with Gasteiger partial charge in [-0.1, -0.05) is 18.2 Å². The lowest BCUT2D eigenvalue weighted by Crippen LogP contribution is -2.36. The largest absolute Gasteiger partial charge is 0.378 e. The lowest BCUT2D eigenvalue weighted by Gasteiger charge is -2.30. The smallest absolute Gasteiger partial charge is 0.270 e. The molecule has 0 aliphatic carbocycles. The highest BCUT2D eigenvalue weighted by atomic mass is 16.5. The van der Waals surface area contributed by atoms with Crippen LogP contribution in [-0.4, -0.2) is 49.6 Å². The summed E-state index contributed by atoms with van der Waals surface area (Å²) >= 11 is 0. The third kappa shape index (κ3) is 4.71. The maximum atomic E-state index is 12.7. The van der Waals surface area contributed by atoms with Gasteiger partial charge in [0.1, 0.15) is 5.69 Å². The summed E-state index contributed by atoms with van der Waals surface area (Å²) in [5, 5.41) is 5.58. The Hall–Kier alpha value is -3.19. The number of nitrogens with one attached hydrogen (secondary N) is 2. The van der Waals surface area contributed by atoms with Crippen LogP contribution in [0.4, 0.5) is 11.4 Å². The SMILES string of the molecule is C=CCNC(=O)c1cc(C(=O)Nc2ccccc2N2CCOCC2)ccn1. The number of nitrogens with zero attached hydrogens (tertiary/aromatic N) is 2. The summed E-state index contributed by atoms with van der Waals surface area (Å²) in [7, 11) is 0. The highest BCUT2D eigenvalue weighted by Crippen LogP contribution is 2.26. The molecule has 3 rings (SSSR count). The molecule has 2 N–H and O–H groups in total. The summed E-state index contributed by atoms with van der Waals surface area (Å²) in [4.78, 5) is 30.9. The molecule has 0 atom stereocenters. The number of benzene rings is 1. The number of hydrogen-bond donors (Lipinski definition) is 2. The van der Waals surface area contributed by atoms with Crippen LogP contribution in [0.3, 0.4) is 0 Å². The fourth-order valence-corrected chi connectivity index (χ4v) is 2.81. The van der Waals surface area contributed by atoms with Gasteiger partial charge in [-0.2, -0.15) is 0 Å².